The van der Waals surface area contributed by atoms with E-state index in [0.29, 0.717) is 22.5 Å². The van der Waals surface area contributed by atoms with Crippen LogP contribution in [0.3, 0.4) is 0 Å². The van der Waals surface area contributed by atoms with E-state index >= 15 is 0 Å². The number of hydrogen-bond acceptors (Lipinski definition) is 6. The van der Waals surface area contributed by atoms with E-state index in [1.807, 2.05) is 19.1 Å². The minimum absolute atomic E-state index is 0.0726. The van der Waals surface area contributed by atoms with Gasteiger partial charge < -0.3 is 26.4 Å². The second kappa shape index (κ2) is 12.9. The smallest absolute Gasteiger partial charge is 0.323 e. The highest BCUT2D eigenvalue weighted by Crippen LogP contribution is 2.25. The van der Waals surface area contributed by atoms with Crippen molar-refractivity contribution in [2.45, 2.75) is 37.6 Å². The highest BCUT2D eigenvalue weighted by molar-refractivity contribution is 7.90. The van der Waals surface area contributed by atoms with E-state index in [1.54, 1.807) is 42.5 Å². The van der Waals surface area contributed by atoms with Crippen molar-refractivity contribution in [3.63, 3.8) is 0 Å². The summed E-state index contributed by atoms with van der Waals surface area (Å²) in [7, 11) is -3.75. The third-order valence-electron chi connectivity index (χ3n) is 5.80. The highest BCUT2D eigenvalue weighted by atomic mass is 32.2. The third-order valence-corrected chi connectivity index (χ3v) is 6.94. The quantitative estimate of drug-likeness (QED) is 0.248. The van der Waals surface area contributed by atoms with Crippen molar-refractivity contribution in [1.29, 1.82) is 0 Å². The van der Waals surface area contributed by atoms with Crippen molar-refractivity contribution in [3.8, 4) is 0 Å². The van der Waals surface area contributed by atoms with E-state index in [2.05, 4.69) is 21.3 Å². The molecule has 3 aromatic rings. The van der Waals surface area contributed by atoms with Gasteiger partial charge in [-0.3, -0.25) is 14.4 Å². The van der Waals surface area contributed by atoms with Gasteiger partial charge in [0, 0.05) is 24.6 Å². The van der Waals surface area contributed by atoms with Crippen LogP contribution in [0.4, 0.5) is 21.9 Å². The SMILES string of the molecule is CC(=O)N[C@H](CC(=O)O)c1ccc(NC(=O)Cc2ccc(NC(=O)Nc3ccccc3C)c(S(C)(=O)=O)c2)cc1. The molecule has 0 aliphatic rings. The zero-order valence-corrected chi connectivity index (χ0v) is 23.0. The third kappa shape index (κ3) is 8.67. The van der Waals surface area contributed by atoms with E-state index in [1.165, 1.54) is 19.1 Å². The van der Waals surface area contributed by atoms with Crippen LogP contribution in [-0.2, 0) is 30.6 Å². The van der Waals surface area contributed by atoms with Crippen LogP contribution in [0, 0.1) is 6.92 Å². The van der Waals surface area contributed by atoms with Gasteiger partial charge in [-0.25, -0.2) is 13.2 Å². The summed E-state index contributed by atoms with van der Waals surface area (Å²) in [6.07, 6.45) is 0.566. The first-order chi connectivity index (χ1) is 18.8. The molecule has 0 heterocycles. The van der Waals surface area contributed by atoms with Crippen molar-refractivity contribution in [3.05, 3.63) is 83.4 Å². The van der Waals surface area contributed by atoms with Crippen molar-refractivity contribution in [2.75, 3.05) is 22.2 Å². The van der Waals surface area contributed by atoms with Crippen LogP contribution < -0.4 is 21.3 Å². The molecule has 3 aromatic carbocycles. The Balaban J connectivity index is 1.70. The summed E-state index contributed by atoms with van der Waals surface area (Å²) in [5, 5.41) is 19.6. The summed E-state index contributed by atoms with van der Waals surface area (Å²) in [4.78, 5) is 47.6. The minimum Gasteiger partial charge on any atom is -0.481 e. The van der Waals surface area contributed by atoms with Crippen LogP contribution >= 0.6 is 0 Å². The van der Waals surface area contributed by atoms with Gasteiger partial charge in [0.2, 0.25) is 11.8 Å². The standard InChI is InChI=1S/C28H30N4O7S/c1-17-6-4-5-7-22(17)31-28(37)32-23-13-8-19(14-25(23)40(3,38)39)15-26(34)30-21-11-9-20(10-12-21)24(16-27(35)36)29-18(2)33/h4-14,24H,15-16H2,1-3H3,(H,29,33)(H,30,34)(H,35,36)(H2,31,32,37)/t24-/m1/s1. The Kier molecular flexibility index (Phi) is 9.62. The molecule has 0 aliphatic carbocycles. The number of aliphatic carboxylic acids is 1. The predicted molar refractivity (Wildman–Crippen MR) is 151 cm³/mol. The van der Waals surface area contributed by atoms with Crippen molar-refractivity contribution in [2.24, 2.45) is 0 Å². The van der Waals surface area contributed by atoms with Gasteiger partial charge in [0.05, 0.1) is 29.5 Å². The number of sulfone groups is 1. The normalized spacial score (nSPS) is 11.7. The van der Waals surface area contributed by atoms with Gasteiger partial charge in [-0.05, 0) is 53.9 Å². The molecule has 0 radical (unpaired) electrons. The first-order valence-corrected chi connectivity index (χ1v) is 14.1. The molecule has 0 fully saturated rings. The number of para-hydroxylation sites is 1. The lowest BCUT2D eigenvalue weighted by atomic mass is 10.0. The molecular weight excluding hydrogens is 536 g/mol. The number of nitrogens with one attached hydrogen (secondary N) is 4. The van der Waals surface area contributed by atoms with Gasteiger partial charge in [0.15, 0.2) is 9.84 Å². The van der Waals surface area contributed by atoms with Crippen LogP contribution in [0.2, 0.25) is 0 Å². The Labute approximate surface area is 231 Å². The number of rotatable bonds is 10. The number of urea groups is 1. The number of aryl methyl sites for hydroxylation is 1. The Bertz CT molecular complexity index is 1520. The van der Waals surface area contributed by atoms with Crippen LogP contribution in [0.15, 0.2) is 71.6 Å². The summed E-state index contributed by atoms with van der Waals surface area (Å²) in [5.74, 6) is -1.86. The first kappa shape index (κ1) is 29.8. The summed E-state index contributed by atoms with van der Waals surface area (Å²) in [6, 6.07) is 16.5. The summed E-state index contributed by atoms with van der Waals surface area (Å²) in [5.41, 5.74) is 2.89. The molecule has 5 N–H and O–H groups in total. The molecule has 0 aliphatic heterocycles. The lowest BCUT2D eigenvalue weighted by Gasteiger charge is -2.17. The summed E-state index contributed by atoms with van der Waals surface area (Å²) in [6.45, 7) is 3.12. The molecule has 12 heteroatoms. The number of carbonyl (C=O) groups excluding carboxylic acids is 3. The number of carboxylic acids is 1. The average molecular weight is 567 g/mol. The molecule has 0 bridgehead atoms. The molecule has 0 unspecified atom stereocenters. The minimum atomic E-state index is -3.75. The topological polar surface area (TPSA) is 171 Å². The average Bonchev–Trinajstić information content (AvgIpc) is 2.85. The highest BCUT2D eigenvalue weighted by Gasteiger charge is 2.19. The van der Waals surface area contributed by atoms with Gasteiger partial charge in [-0.2, -0.15) is 0 Å². The molecule has 40 heavy (non-hydrogen) atoms. The van der Waals surface area contributed by atoms with Crippen molar-refractivity contribution >= 4 is 50.7 Å². The zero-order valence-electron chi connectivity index (χ0n) is 22.1. The summed E-state index contributed by atoms with van der Waals surface area (Å²) >= 11 is 0. The Morgan fingerprint density at radius 3 is 2.12 bits per heavy atom. The molecule has 11 nitrogen and oxygen atoms in total. The molecule has 0 saturated heterocycles. The van der Waals surface area contributed by atoms with Crippen LogP contribution in [-0.4, -0.2) is 43.6 Å². The number of hydrogen-bond donors (Lipinski definition) is 5. The maximum atomic E-state index is 12.7. The fourth-order valence-electron chi connectivity index (χ4n) is 3.94. The van der Waals surface area contributed by atoms with E-state index in [9.17, 15) is 27.6 Å². The van der Waals surface area contributed by atoms with Crippen molar-refractivity contribution in [1.82, 2.24) is 5.32 Å². The number of carbonyl (C=O) groups is 4. The Morgan fingerprint density at radius 2 is 1.52 bits per heavy atom. The predicted octanol–water partition coefficient (Wildman–Crippen LogP) is 3.88. The largest absolute Gasteiger partial charge is 0.481 e. The molecule has 0 saturated carbocycles. The molecule has 3 rings (SSSR count). The van der Waals surface area contributed by atoms with E-state index in [0.717, 1.165) is 11.8 Å². The zero-order chi connectivity index (χ0) is 29.4. The summed E-state index contributed by atoms with van der Waals surface area (Å²) < 4.78 is 24.9. The van der Waals surface area contributed by atoms with Gasteiger partial charge in [-0.15, -0.1) is 0 Å². The van der Waals surface area contributed by atoms with Gasteiger partial charge in [0.1, 0.15) is 0 Å². The van der Waals surface area contributed by atoms with Crippen LogP contribution in [0.25, 0.3) is 0 Å². The first-order valence-electron chi connectivity index (χ1n) is 12.2. The van der Waals surface area contributed by atoms with E-state index in [-0.39, 0.29) is 29.3 Å². The lowest BCUT2D eigenvalue weighted by molar-refractivity contribution is -0.137. The molecule has 0 aromatic heterocycles. The second-order valence-electron chi connectivity index (χ2n) is 9.19. The Hall–Kier alpha value is -4.71. The molecular formula is C28H30N4O7S. The fourth-order valence-corrected chi connectivity index (χ4v) is 4.82. The molecule has 4 amide bonds. The monoisotopic (exact) mass is 566 g/mol. The van der Waals surface area contributed by atoms with E-state index in [4.69, 9.17) is 5.11 Å². The van der Waals surface area contributed by atoms with Gasteiger partial charge >= 0.3 is 12.0 Å². The molecule has 210 valence electrons. The number of amides is 4. The lowest BCUT2D eigenvalue weighted by Crippen LogP contribution is -2.28. The van der Waals surface area contributed by atoms with Crippen molar-refractivity contribution < 1.29 is 32.7 Å². The van der Waals surface area contributed by atoms with Crippen LogP contribution in [0.1, 0.15) is 36.1 Å². The van der Waals surface area contributed by atoms with Gasteiger partial charge in [-0.1, -0.05) is 36.4 Å². The van der Waals surface area contributed by atoms with E-state index < -0.39 is 33.8 Å². The Morgan fingerprint density at radius 1 is 0.875 bits per heavy atom. The van der Waals surface area contributed by atoms with Crippen LogP contribution in [0.5, 0.6) is 0 Å². The number of carboxylic acid groups (broad SMARTS) is 1. The maximum absolute atomic E-state index is 12.7. The second-order valence-corrected chi connectivity index (χ2v) is 11.2. The van der Waals surface area contributed by atoms with Gasteiger partial charge in [0.25, 0.3) is 0 Å². The fraction of sp³-hybridized carbons (Fsp3) is 0.214. The number of anilines is 3. The molecule has 0 spiro atoms. The molecule has 1 atom stereocenters. The maximum Gasteiger partial charge on any atom is 0.323 e. The number of benzene rings is 3.